The summed E-state index contributed by atoms with van der Waals surface area (Å²) in [7, 11) is 1.31. The Kier molecular flexibility index (Phi) is 18.3. The molecule has 0 aliphatic rings. The highest BCUT2D eigenvalue weighted by Gasteiger charge is 1.78. The number of carbonyl (C=O) groups excluding carboxylic acids is 2. The zero-order chi connectivity index (χ0) is 8.95. The number of carbonyl (C=O) groups is 2. The average molecular weight is 162 g/mol. The summed E-state index contributed by atoms with van der Waals surface area (Å²) in [6.45, 7) is 3.48. The van der Waals surface area contributed by atoms with E-state index in [1.54, 1.807) is 0 Å². The molecule has 0 rings (SSSR count). The zero-order valence-corrected chi connectivity index (χ0v) is 6.91. The molecule has 0 unspecified atom stereocenters. The minimum Gasteiger partial charge on any atom is -0.471 e. The molecule has 0 amide bonds. The number of ether oxygens (including phenoxy) is 2. The molecule has 0 N–H and O–H groups in total. The van der Waals surface area contributed by atoms with Crippen LogP contribution in [0.2, 0.25) is 0 Å². The molecule has 0 saturated heterocycles. The first-order valence-electron chi connectivity index (χ1n) is 3.35. The first-order chi connectivity index (χ1) is 5.33. The second-order valence-corrected chi connectivity index (χ2v) is 1.65. The molecule has 66 valence electrons. The fraction of sp³-hybridized carbons (Fsp3) is 0.714. The highest BCUT2D eigenvalue weighted by atomic mass is 16.5. The maximum atomic E-state index is 9.46. The minimum atomic E-state index is 0.375. The summed E-state index contributed by atoms with van der Waals surface area (Å²) in [5.74, 6) is 0. The minimum absolute atomic E-state index is 0.375. The topological polar surface area (TPSA) is 52.6 Å². The molecule has 0 heterocycles. The van der Waals surface area contributed by atoms with Gasteiger partial charge in [-0.1, -0.05) is 13.3 Å². The van der Waals surface area contributed by atoms with Crippen molar-refractivity contribution in [3.05, 3.63) is 0 Å². The molecule has 4 nitrogen and oxygen atoms in total. The molecule has 0 spiro atoms. The first-order valence-corrected chi connectivity index (χ1v) is 3.35. The Morgan fingerprint density at radius 2 is 1.82 bits per heavy atom. The van der Waals surface area contributed by atoms with E-state index in [0.717, 1.165) is 12.8 Å². The molecule has 0 aliphatic carbocycles. The van der Waals surface area contributed by atoms with E-state index in [2.05, 4.69) is 9.47 Å². The van der Waals surface area contributed by atoms with Crippen molar-refractivity contribution in [2.24, 2.45) is 0 Å². The van der Waals surface area contributed by atoms with Crippen LogP contribution in [-0.4, -0.2) is 26.7 Å². The van der Waals surface area contributed by atoms with Crippen LogP contribution in [0.15, 0.2) is 0 Å². The van der Waals surface area contributed by atoms with Crippen LogP contribution in [0.4, 0.5) is 0 Å². The predicted octanol–water partition coefficient (Wildman–Crippen LogP) is 0.749. The Labute approximate surface area is 66.5 Å². The summed E-state index contributed by atoms with van der Waals surface area (Å²) in [6.07, 6.45) is 2.05. The third kappa shape index (κ3) is 27.7. The van der Waals surface area contributed by atoms with Crippen molar-refractivity contribution >= 4 is 12.9 Å². The fourth-order valence-corrected chi connectivity index (χ4v) is 0.276. The van der Waals surface area contributed by atoms with Crippen LogP contribution in [0.25, 0.3) is 0 Å². The van der Waals surface area contributed by atoms with Crippen molar-refractivity contribution < 1.29 is 19.1 Å². The lowest BCUT2D eigenvalue weighted by Gasteiger charge is -1.90. The van der Waals surface area contributed by atoms with E-state index >= 15 is 0 Å². The maximum Gasteiger partial charge on any atom is 0.293 e. The Hall–Kier alpha value is -1.06. The number of rotatable bonds is 5. The Balaban J connectivity index is 0. The largest absolute Gasteiger partial charge is 0.471 e. The van der Waals surface area contributed by atoms with Crippen molar-refractivity contribution in [2.45, 2.75) is 19.8 Å². The third-order valence-corrected chi connectivity index (χ3v) is 0.780. The molecule has 0 fully saturated rings. The number of hydrogen-bond donors (Lipinski definition) is 0. The molecule has 0 bridgehead atoms. The number of methoxy groups -OCH3 is 1. The lowest BCUT2D eigenvalue weighted by molar-refractivity contribution is -0.129. The van der Waals surface area contributed by atoms with Gasteiger partial charge in [0.25, 0.3) is 12.9 Å². The van der Waals surface area contributed by atoms with Gasteiger partial charge in [0.15, 0.2) is 0 Å². The van der Waals surface area contributed by atoms with Gasteiger partial charge in [-0.25, -0.2) is 0 Å². The monoisotopic (exact) mass is 162 g/mol. The van der Waals surface area contributed by atoms with Crippen molar-refractivity contribution in [1.29, 1.82) is 0 Å². The van der Waals surface area contributed by atoms with E-state index in [0.29, 0.717) is 19.6 Å². The molecular weight excluding hydrogens is 148 g/mol. The van der Waals surface area contributed by atoms with Crippen LogP contribution in [0.3, 0.4) is 0 Å². The Morgan fingerprint density at radius 3 is 2.09 bits per heavy atom. The van der Waals surface area contributed by atoms with E-state index in [4.69, 9.17) is 4.79 Å². The second kappa shape index (κ2) is 16.0. The normalized spacial score (nSPS) is 7.09. The predicted molar refractivity (Wildman–Crippen MR) is 40.0 cm³/mol. The summed E-state index contributed by atoms with van der Waals surface area (Å²) in [5.41, 5.74) is 0. The molecule has 0 radical (unpaired) electrons. The Bertz CT molecular complexity index is 82.5. The quantitative estimate of drug-likeness (QED) is 0.442. The van der Waals surface area contributed by atoms with Gasteiger partial charge in [0.1, 0.15) is 0 Å². The summed E-state index contributed by atoms with van der Waals surface area (Å²) in [6, 6.07) is 0. The van der Waals surface area contributed by atoms with E-state index in [1.807, 2.05) is 6.92 Å². The van der Waals surface area contributed by atoms with Gasteiger partial charge < -0.3 is 9.47 Å². The van der Waals surface area contributed by atoms with Gasteiger partial charge in [-0.05, 0) is 6.42 Å². The first kappa shape index (κ1) is 12.6. The fourth-order valence-electron chi connectivity index (χ4n) is 0.276. The average Bonchev–Trinajstić information content (AvgIpc) is 2.06. The van der Waals surface area contributed by atoms with Gasteiger partial charge in [0.2, 0.25) is 0 Å². The van der Waals surface area contributed by atoms with Gasteiger partial charge in [-0.2, -0.15) is 0 Å². The summed E-state index contributed by atoms with van der Waals surface area (Å²) < 4.78 is 8.25. The lowest BCUT2D eigenvalue weighted by atomic mass is 10.4. The second-order valence-electron chi connectivity index (χ2n) is 1.65. The zero-order valence-electron chi connectivity index (χ0n) is 6.91. The van der Waals surface area contributed by atoms with Crippen molar-refractivity contribution in [3.63, 3.8) is 0 Å². The molecule has 0 atom stereocenters. The van der Waals surface area contributed by atoms with Gasteiger partial charge in [0, 0.05) is 0 Å². The van der Waals surface area contributed by atoms with E-state index in [9.17, 15) is 4.79 Å². The molecule has 11 heavy (non-hydrogen) atoms. The van der Waals surface area contributed by atoms with Crippen LogP contribution in [0.5, 0.6) is 0 Å². The number of unbranched alkanes of at least 4 members (excludes halogenated alkanes) is 1. The van der Waals surface area contributed by atoms with Crippen LogP contribution in [0, 0.1) is 0 Å². The summed E-state index contributed by atoms with van der Waals surface area (Å²) >= 11 is 0. The van der Waals surface area contributed by atoms with Crippen molar-refractivity contribution in [3.8, 4) is 0 Å². The SMILES string of the molecule is CCCCOC=O.COC=O. The van der Waals surface area contributed by atoms with Crippen LogP contribution < -0.4 is 0 Å². The lowest BCUT2D eigenvalue weighted by Crippen LogP contribution is -1.88. The molecule has 0 aromatic heterocycles. The summed E-state index contributed by atoms with van der Waals surface area (Å²) in [4.78, 5) is 18.4. The van der Waals surface area contributed by atoms with E-state index in [1.165, 1.54) is 7.11 Å². The highest BCUT2D eigenvalue weighted by Crippen LogP contribution is 1.83. The van der Waals surface area contributed by atoms with Gasteiger partial charge in [0.05, 0.1) is 13.7 Å². The van der Waals surface area contributed by atoms with Gasteiger partial charge >= 0.3 is 0 Å². The standard InChI is InChI=1S/C5H10O2.C2H4O2/c1-2-3-4-7-5-6;1-4-2-3/h5H,2-4H2,1H3;2H,1H3. The van der Waals surface area contributed by atoms with Gasteiger partial charge in [-0.15, -0.1) is 0 Å². The highest BCUT2D eigenvalue weighted by molar-refractivity contribution is 5.36. The summed E-state index contributed by atoms with van der Waals surface area (Å²) in [5, 5.41) is 0. The molecule has 4 heteroatoms. The van der Waals surface area contributed by atoms with Gasteiger partial charge in [-0.3, -0.25) is 9.59 Å². The third-order valence-electron chi connectivity index (χ3n) is 0.780. The van der Waals surface area contributed by atoms with E-state index in [-0.39, 0.29) is 0 Å². The molecule has 0 aliphatic heterocycles. The maximum absolute atomic E-state index is 9.46. The van der Waals surface area contributed by atoms with Crippen LogP contribution >= 0.6 is 0 Å². The number of hydrogen-bond acceptors (Lipinski definition) is 4. The molecular formula is C7H14O4. The van der Waals surface area contributed by atoms with E-state index < -0.39 is 0 Å². The van der Waals surface area contributed by atoms with Crippen molar-refractivity contribution in [2.75, 3.05) is 13.7 Å². The smallest absolute Gasteiger partial charge is 0.293 e. The van der Waals surface area contributed by atoms with Crippen LogP contribution in [-0.2, 0) is 19.1 Å². The Morgan fingerprint density at radius 1 is 1.27 bits per heavy atom. The van der Waals surface area contributed by atoms with Crippen molar-refractivity contribution in [1.82, 2.24) is 0 Å². The molecule has 0 saturated carbocycles. The van der Waals surface area contributed by atoms with Crippen LogP contribution in [0.1, 0.15) is 19.8 Å². The molecule has 0 aromatic rings. The molecule has 0 aromatic carbocycles.